The zero-order chi connectivity index (χ0) is 13.8. The predicted molar refractivity (Wildman–Crippen MR) is 75.9 cm³/mol. The van der Waals surface area contributed by atoms with Crippen LogP contribution in [-0.4, -0.2) is 22.1 Å². The first kappa shape index (κ1) is 14.1. The lowest BCUT2D eigenvalue weighted by molar-refractivity contribution is 0.0697. The molecule has 4 nitrogen and oxygen atoms in total. The lowest BCUT2D eigenvalue weighted by atomic mass is 9.97. The molecule has 19 heavy (non-hydrogen) atoms. The average molecular weight is 283 g/mol. The molecular formula is C14H19ClN2O2. The number of rotatable bonds is 3. The average Bonchev–Trinajstić information content (AvgIpc) is 2.57. The van der Waals surface area contributed by atoms with Crippen LogP contribution in [0, 0.1) is 5.92 Å². The third kappa shape index (κ3) is 3.60. The van der Waals surface area contributed by atoms with E-state index in [4.69, 9.17) is 16.7 Å². The summed E-state index contributed by atoms with van der Waals surface area (Å²) in [7, 11) is 0. The van der Waals surface area contributed by atoms with Crippen molar-refractivity contribution in [2.24, 2.45) is 5.92 Å². The summed E-state index contributed by atoms with van der Waals surface area (Å²) in [4.78, 5) is 15.2. The first-order valence-electron chi connectivity index (χ1n) is 6.73. The number of halogens is 1. The maximum atomic E-state index is 11.0. The van der Waals surface area contributed by atoms with Gasteiger partial charge in [0.25, 0.3) is 0 Å². The quantitative estimate of drug-likeness (QED) is 0.828. The third-order valence-corrected chi connectivity index (χ3v) is 4.08. The molecule has 1 fully saturated rings. The summed E-state index contributed by atoms with van der Waals surface area (Å²) >= 11 is 5.82. The molecule has 0 bridgehead atoms. The molecule has 104 valence electrons. The van der Waals surface area contributed by atoms with Gasteiger partial charge >= 0.3 is 5.97 Å². The van der Waals surface area contributed by atoms with Crippen molar-refractivity contribution in [3.05, 3.63) is 22.8 Å². The minimum Gasteiger partial charge on any atom is -0.478 e. The second-order valence-corrected chi connectivity index (χ2v) is 5.63. The van der Waals surface area contributed by atoms with Crippen LogP contribution in [0.15, 0.2) is 12.3 Å². The normalized spacial score (nSPS) is 23.7. The number of anilines is 1. The van der Waals surface area contributed by atoms with E-state index in [0.29, 0.717) is 17.8 Å². The van der Waals surface area contributed by atoms with E-state index >= 15 is 0 Å². The molecule has 2 N–H and O–H groups in total. The van der Waals surface area contributed by atoms with E-state index < -0.39 is 5.97 Å². The van der Waals surface area contributed by atoms with Gasteiger partial charge in [0, 0.05) is 12.2 Å². The first-order chi connectivity index (χ1) is 9.08. The fourth-order valence-electron chi connectivity index (χ4n) is 2.58. The van der Waals surface area contributed by atoms with Gasteiger partial charge < -0.3 is 10.4 Å². The minimum absolute atomic E-state index is 0.0976. The Morgan fingerprint density at radius 3 is 2.89 bits per heavy atom. The summed E-state index contributed by atoms with van der Waals surface area (Å²) in [5, 5.41) is 12.6. The zero-order valence-electron chi connectivity index (χ0n) is 11.0. The van der Waals surface area contributed by atoms with Gasteiger partial charge in [-0.2, -0.15) is 0 Å². The molecule has 1 aromatic rings. The van der Waals surface area contributed by atoms with Crippen LogP contribution in [-0.2, 0) is 0 Å². The van der Waals surface area contributed by atoms with Gasteiger partial charge in [-0.15, -0.1) is 0 Å². The van der Waals surface area contributed by atoms with Crippen LogP contribution in [0.2, 0.25) is 5.02 Å². The molecule has 0 aliphatic heterocycles. The molecular weight excluding hydrogens is 264 g/mol. The van der Waals surface area contributed by atoms with Crippen molar-refractivity contribution >= 4 is 23.4 Å². The molecule has 0 spiro atoms. The molecule has 0 radical (unpaired) electrons. The smallest absolute Gasteiger partial charge is 0.337 e. The number of nitrogens with zero attached hydrogens (tertiary/aromatic N) is 1. The SMILES string of the molecule is CC1CCCCCC1Nc1cc(C(=O)O)c(Cl)cn1. The van der Waals surface area contributed by atoms with Gasteiger partial charge in [0.05, 0.1) is 10.6 Å². The highest BCUT2D eigenvalue weighted by Crippen LogP contribution is 2.26. The maximum absolute atomic E-state index is 11.0. The van der Waals surface area contributed by atoms with Crippen molar-refractivity contribution in [2.75, 3.05) is 5.32 Å². The number of aromatic carboxylic acids is 1. The Balaban J connectivity index is 2.13. The van der Waals surface area contributed by atoms with E-state index in [1.807, 2.05) is 0 Å². The van der Waals surface area contributed by atoms with Crippen molar-refractivity contribution in [2.45, 2.75) is 45.1 Å². The van der Waals surface area contributed by atoms with Gasteiger partial charge in [-0.3, -0.25) is 0 Å². The highest BCUT2D eigenvalue weighted by molar-refractivity contribution is 6.33. The summed E-state index contributed by atoms with van der Waals surface area (Å²) in [6.07, 6.45) is 7.46. The molecule has 1 aromatic heterocycles. The second-order valence-electron chi connectivity index (χ2n) is 5.22. The van der Waals surface area contributed by atoms with E-state index in [1.165, 1.54) is 37.9 Å². The van der Waals surface area contributed by atoms with Gasteiger partial charge in [-0.25, -0.2) is 9.78 Å². The van der Waals surface area contributed by atoms with Crippen LogP contribution in [0.25, 0.3) is 0 Å². The number of aromatic nitrogens is 1. The predicted octanol–water partition coefficient (Wildman–Crippen LogP) is 3.81. The topological polar surface area (TPSA) is 62.2 Å². The fraction of sp³-hybridized carbons (Fsp3) is 0.571. The van der Waals surface area contributed by atoms with Crippen molar-refractivity contribution in [1.29, 1.82) is 0 Å². The maximum Gasteiger partial charge on any atom is 0.337 e. The number of hydrogen-bond donors (Lipinski definition) is 2. The van der Waals surface area contributed by atoms with Crippen molar-refractivity contribution in [3.8, 4) is 0 Å². The van der Waals surface area contributed by atoms with Crippen LogP contribution < -0.4 is 5.32 Å². The highest BCUT2D eigenvalue weighted by atomic mass is 35.5. The standard InChI is InChI=1S/C14H19ClN2O2/c1-9-5-3-2-4-6-12(9)17-13-7-10(14(18)19)11(15)8-16-13/h7-9,12H,2-6H2,1H3,(H,16,17)(H,18,19). The summed E-state index contributed by atoms with van der Waals surface area (Å²) < 4.78 is 0. The summed E-state index contributed by atoms with van der Waals surface area (Å²) in [5.41, 5.74) is 0.0976. The number of carbonyl (C=O) groups is 1. The van der Waals surface area contributed by atoms with Crippen LogP contribution >= 0.6 is 11.6 Å². The Morgan fingerprint density at radius 2 is 2.16 bits per heavy atom. The van der Waals surface area contributed by atoms with E-state index in [2.05, 4.69) is 17.2 Å². The van der Waals surface area contributed by atoms with Crippen LogP contribution in [0.4, 0.5) is 5.82 Å². The summed E-state index contributed by atoms with van der Waals surface area (Å²) in [5.74, 6) is 0.151. The molecule has 2 atom stereocenters. The van der Waals surface area contributed by atoms with E-state index in [0.717, 1.165) is 6.42 Å². The molecule has 2 rings (SSSR count). The van der Waals surface area contributed by atoms with Gasteiger partial charge in [0.15, 0.2) is 0 Å². The molecule has 1 aliphatic rings. The monoisotopic (exact) mass is 282 g/mol. The van der Waals surface area contributed by atoms with Gasteiger partial charge in [0.1, 0.15) is 5.82 Å². The Labute approximate surface area is 118 Å². The largest absolute Gasteiger partial charge is 0.478 e. The molecule has 1 saturated carbocycles. The van der Waals surface area contributed by atoms with Crippen molar-refractivity contribution < 1.29 is 9.90 Å². The van der Waals surface area contributed by atoms with Gasteiger partial charge in [-0.05, 0) is 24.8 Å². The minimum atomic E-state index is -1.02. The second kappa shape index (κ2) is 6.24. The molecule has 1 aliphatic carbocycles. The van der Waals surface area contributed by atoms with Gasteiger partial charge in [-0.1, -0.05) is 37.8 Å². The number of nitrogens with one attached hydrogen (secondary N) is 1. The van der Waals surface area contributed by atoms with E-state index in [1.54, 1.807) is 0 Å². The Morgan fingerprint density at radius 1 is 1.42 bits per heavy atom. The highest BCUT2D eigenvalue weighted by Gasteiger charge is 2.20. The lowest BCUT2D eigenvalue weighted by Gasteiger charge is -2.23. The lowest BCUT2D eigenvalue weighted by Crippen LogP contribution is -2.26. The molecule has 5 heteroatoms. The number of carboxylic acid groups (broad SMARTS) is 1. The Kier molecular flexibility index (Phi) is 4.64. The third-order valence-electron chi connectivity index (χ3n) is 3.78. The van der Waals surface area contributed by atoms with Crippen molar-refractivity contribution in [1.82, 2.24) is 4.98 Å². The van der Waals surface area contributed by atoms with Crippen LogP contribution in [0.1, 0.15) is 49.4 Å². The van der Waals surface area contributed by atoms with Gasteiger partial charge in [0.2, 0.25) is 0 Å². The van der Waals surface area contributed by atoms with Crippen LogP contribution in [0.5, 0.6) is 0 Å². The van der Waals surface area contributed by atoms with E-state index in [-0.39, 0.29) is 10.6 Å². The first-order valence-corrected chi connectivity index (χ1v) is 7.11. The molecule has 2 unspecified atom stereocenters. The summed E-state index contributed by atoms with van der Waals surface area (Å²) in [6.45, 7) is 2.23. The fourth-order valence-corrected chi connectivity index (χ4v) is 2.76. The summed E-state index contributed by atoms with van der Waals surface area (Å²) in [6, 6.07) is 1.88. The van der Waals surface area contributed by atoms with Crippen LogP contribution in [0.3, 0.4) is 0 Å². The molecule has 1 heterocycles. The zero-order valence-corrected chi connectivity index (χ0v) is 11.8. The Hall–Kier alpha value is -1.29. The molecule has 0 amide bonds. The number of pyridine rings is 1. The number of hydrogen-bond acceptors (Lipinski definition) is 3. The van der Waals surface area contributed by atoms with E-state index in [9.17, 15) is 4.79 Å². The molecule has 0 saturated heterocycles. The van der Waals surface area contributed by atoms with Crippen molar-refractivity contribution in [3.63, 3.8) is 0 Å². The number of carboxylic acids is 1. The Bertz CT molecular complexity index is 465. The molecule has 0 aromatic carbocycles.